The molecule has 3 nitrogen and oxygen atoms in total. The Kier molecular flexibility index (Phi) is 10.0. The minimum atomic E-state index is -4.36. The first-order valence-electron chi connectivity index (χ1n) is 11.1. The van der Waals surface area contributed by atoms with E-state index in [1.807, 2.05) is 38.1 Å². The van der Waals surface area contributed by atoms with Gasteiger partial charge in [-0.15, -0.1) is 0 Å². The SMILES string of the molecule is CCCN(Cc1cccc(Cl)c1)CC(C)C(=O)N(CCC)Cc1ccc(C(F)(F)F)cc1. The van der Waals surface area contributed by atoms with Gasteiger partial charge in [-0.3, -0.25) is 9.69 Å². The van der Waals surface area contributed by atoms with Crippen molar-refractivity contribution in [2.45, 2.75) is 52.9 Å². The van der Waals surface area contributed by atoms with Crippen LogP contribution in [0.4, 0.5) is 13.2 Å². The Morgan fingerprint density at radius 3 is 2.19 bits per heavy atom. The number of carbonyl (C=O) groups excluding carboxylic acids is 1. The molecule has 0 saturated carbocycles. The average molecular weight is 469 g/mol. The molecule has 32 heavy (non-hydrogen) atoms. The van der Waals surface area contributed by atoms with Crippen LogP contribution in [-0.2, 0) is 24.1 Å². The van der Waals surface area contributed by atoms with Crippen LogP contribution in [0.2, 0.25) is 5.02 Å². The Morgan fingerprint density at radius 1 is 0.969 bits per heavy atom. The van der Waals surface area contributed by atoms with E-state index in [1.54, 1.807) is 4.90 Å². The third kappa shape index (κ3) is 8.14. The summed E-state index contributed by atoms with van der Waals surface area (Å²) in [5, 5.41) is 0.689. The van der Waals surface area contributed by atoms with Gasteiger partial charge in [-0.05, 0) is 54.8 Å². The van der Waals surface area contributed by atoms with Gasteiger partial charge in [0.15, 0.2) is 0 Å². The van der Waals surface area contributed by atoms with Crippen molar-refractivity contribution in [2.24, 2.45) is 5.92 Å². The second-order valence-corrected chi connectivity index (χ2v) is 8.66. The van der Waals surface area contributed by atoms with Crippen LogP contribution >= 0.6 is 11.6 Å². The summed E-state index contributed by atoms with van der Waals surface area (Å²) in [6, 6.07) is 12.8. The molecule has 1 atom stereocenters. The van der Waals surface area contributed by atoms with Crippen molar-refractivity contribution in [2.75, 3.05) is 19.6 Å². The highest BCUT2D eigenvalue weighted by atomic mass is 35.5. The molecule has 0 heterocycles. The van der Waals surface area contributed by atoms with Crippen molar-refractivity contribution >= 4 is 17.5 Å². The number of benzene rings is 2. The fraction of sp³-hybridized carbons (Fsp3) is 0.480. The number of hydrogen-bond acceptors (Lipinski definition) is 2. The van der Waals surface area contributed by atoms with Crippen molar-refractivity contribution in [3.05, 3.63) is 70.2 Å². The number of rotatable bonds is 11. The van der Waals surface area contributed by atoms with Crippen LogP contribution in [0.1, 0.15) is 50.3 Å². The van der Waals surface area contributed by atoms with Crippen LogP contribution in [0.3, 0.4) is 0 Å². The molecule has 0 radical (unpaired) electrons. The molecule has 0 bridgehead atoms. The van der Waals surface area contributed by atoms with Gasteiger partial charge < -0.3 is 4.90 Å². The molecule has 1 amide bonds. The van der Waals surface area contributed by atoms with Crippen molar-refractivity contribution in [3.8, 4) is 0 Å². The fourth-order valence-electron chi connectivity index (χ4n) is 3.78. The lowest BCUT2D eigenvalue weighted by Gasteiger charge is -2.29. The smallest absolute Gasteiger partial charge is 0.338 e. The summed E-state index contributed by atoms with van der Waals surface area (Å²) in [6.45, 7) is 9.04. The molecule has 2 aromatic rings. The first kappa shape index (κ1) is 26.2. The van der Waals surface area contributed by atoms with Gasteiger partial charge in [0.25, 0.3) is 0 Å². The summed E-state index contributed by atoms with van der Waals surface area (Å²) in [7, 11) is 0. The maximum absolute atomic E-state index is 13.2. The number of amides is 1. The Balaban J connectivity index is 2.06. The third-order valence-corrected chi connectivity index (χ3v) is 5.48. The summed E-state index contributed by atoms with van der Waals surface area (Å²) >= 11 is 6.11. The van der Waals surface area contributed by atoms with Crippen molar-refractivity contribution in [1.29, 1.82) is 0 Å². The van der Waals surface area contributed by atoms with E-state index in [4.69, 9.17) is 11.6 Å². The lowest BCUT2D eigenvalue weighted by atomic mass is 10.1. The Morgan fingerprint density at radius 2 is 1.62 bits per heavy atom. The Labute approximate surface area is 194 Å². The quantitative estimate of drug-likeness (QED) is 0.368. The molecule has 2 rings (SSSR count). The van der Waals surface area contributed by atoms with Gasteiger partial charge in [-0.2, -0.15) is 13.2 Å². The van der Waals surface area contributed by atoms with Gasteiger partial charge in [-0.25, -0.2) is 0 Å². The zero-order valence-electron chi connectivity index (χ0n) is 19.0. The fourth-order valence-corrected chi connectivity index (χ4v) is 3.99. The molecule has 0 aliphatic heterocycles. The predicted octanol–water partition coefficient (Wildman–Crippen LogP) is 6.65. The lowest BCUT2D eigenvalue weighted by molar-refractivity contribution is -0.138. The summed E-state index contributed by atoms with van der Waals surface area (Å²) in [6.07, 6.45) is -2.62. The molecule has 0 N–H and O–H groups in total. The van der Waals surface area contributed by atoms with Crippen LogP contribution in [0.15, 0.2) is 48.5 Å². The van der Waals surface area contributed by atoms with Crippen molar-refractivity contribution < 1.29 is 18.0 Å². The van der Waals surface area contributed by atoms with Crippen LogP contribution in [0, 0.1) is 5.92 Å². The molecule has 7 heteroatoms. The molecule has 2 aromatic carbocycles. The number of halogens is 4. The van der Waals surface area contributed by atoms with Gasteiger partial charge in [0.2, 0.25) is 5.91 Å². The van der Waals surface area contributed by atoms with Crippen LogP contribution in [0.5, 0.6) is 0 Å². The van der Waals surface area contributed by atoms with E-state index in [0.29, 0.717) is 36.8 Å². The minimum Gasteiger partial charge on any atom is -0.338 e. The van der Waals surface area contributed by atoms with E-state index in [9.17, 15) is 18.0 Å². The highest BCUT2D eigenvalue weighted by Crippen LogP contribution is 2.29. The molecular weight excluding hydrogens is 437 g/mol. The van der Waals surface area contributed by atoms with Gasteiger partial charge in [0, 0.05) is 37.1 Å². The number of alkyl halides is 3. The van der Waals surface area contributed by atoms with Gasteiger partial charge >= 0.3 is 6.18 Å². The molecule has 0 spiro atoms. The van der Waals surface area contributed by atoms with E-state index in [-0.39, 0.29) is 11.8 Å². The lowest BCUT2D eigenvalue weighted by Crippen LogP contribution is -2.40. The number of carbonyl (C=O) groups is 1. The summed E-state index contributed by atoms with van der Waals surface area (Å²) < 4.78 is 38.5. The first-order valence-corrected chi connectivity index (χ1v) is 11.4. The molecule has 176 valence electrons. The highest BCUT2D eigenvalue weighted by molar-refractivity contribution is 6.30. The maximum atomic E-state index is 13.2. The van der Waals surface area contributed by atoms with E-state index < -0.39 is 11.7 Å². The van der Waals surface area contributed by atoms with Crippen molar-refractivity contribution in [1.82, 2.24) is 9.80 Å². The van der Waals surface area contributed by atoms with Gasteiger partial charge in [0.1, 0.15) is 0 Å². The summed E-state index contributed by atoms with van der Waals surface area (Å²) in [5.41, 5.74) is 1.11. The van der Waals surface area contributed by atoms with Crippen LogP contribution in [0.25, 0.3) is 0 Å². The van der Waals surface area contributed by atoms with E-state index in [2.05, 4.69) is 11.8 Å². The largest absolute Gasteiger partial charge is 0.416 e. The molecule has 0 aliphatic rings. The predicted molar refractivity (Wildman–Crippen MR) is 123 cm³/mol. The standard InChI is InChI=1S/C25H32ClF3N2O/c1-4-13-30(17-21-7-6-8-23(26)15-21)16-19(3)24(32)31(14-5-2)18-20-9-11-22(12-10-20)25(27,28)29/h6-12,15,19H,4-5,13-14,16-18H2,1-3H3. The van der Waals surface area contributed by atoms with E-state index in [0.717, 1.165) is 37.1 Å². The van der Waals surface area contributed by atoms with Gasteiger partial charge in [-0.1, -0.05) is 56.6 Å². The average Bonchev–Trinajstić information content (AvgIpc) is 2.73. The topological polar surface area (TPSA) is 23.6 Å². The normalized spacial score (nSPS) is 12.8. The molecular formula is C25H32ClF3N2O. The summed E-state index contributed by atoms with van der Waals surface area (Å²) in [5.74, 6) is -0.222. The minimum absolute atomic E-state index is 0.0129. The Bertz CT molecular complexity index is 855. The summed E-state index contributed by atoms with van der Waals surface area (Å²) in [4.78, 5) is 17.2. The Hall–Kier alpha value is -2.05. The number of hydrogen-bond donors (Lipinski definition) is 0. The number of nitrogens with zero attached hydrogens (tertiary/aromatic N) is 2. The second-order valence-electron chi connectivity index (χ2n) is 8.22. The molecule has 1 unspecified atom stereocenters. The first-order chi connectivity index (χ1) is 15.1. The van der Waals surface area contributed by atoms with E-state index in [1.165, 1.54) is 12.1 Å². The monoisotopic (exact) mass is 468 g/mol. The van der Waals surface area contributed by atoms with Crippen LogP contribution in [-0.4, -0.2) is 35.3 Å². The molecule has 0 fully saturated rings. The molecule has 0 saturated heterocycles. The molecule has 0 aromatic heterocycles. The maximum Gasteiger partial charge on any atom is 0.416 e. The third-order valence-electron chi connectivity index (χ3n) is 5.25. The van der Waals surface area contributed by atoms with Crippen LogP contribution < -0.4 is 0 Å². The zero-order valence-corrected chi connectivity index (χ0v) is 19.7. The zero-order chi connectivity index (χ0) is 23.7. The second kappa shape index (κ2) is 12.3. The van der Waals surface area contributed by atoms with Gasteiger partial charge in [0.05, 0.1) is 5.56 Å². The molecule has 0 aliphatic carbocycles. The van der Waals surface area contributed by atoms with Crippen molar-refractivity contribution in [3.63, 3.8) is 0 Å². The van der Waals surface area contributed by atoms with E-state index >= 15 is 0 Å². The highest BCUT2D eigenvalue weighted by Gasteiger charge is 2.30.